The lowest BCUT2D eigenvalue weighted by atomic mass is 10.1. The van der Waals surface area contributed by atoms with Crippen molar-refractivity contribution in [1.29, 1.82) is 0 Å². The average Bonchev–Trinajstić information content (AvgIpc) is 3.45. The highest BCUT2D eigenvalue weighted by molar-refractivity contribution is 7.79. The molecular formula is C23H22NO3P. The molecule has 0 saturated carbocycles. The summed E-state index contributed by atoms with van der Waals surface area (Å²) in [7, 11) is -3.10. The van der Waals surface area contributed by atoms with Gasteiger partial charge in [0, 0.05) is 22.6 Å². The van der Waals surface area contributed by atoms with E-state index in [1.54, 1.807) is 0 Å². The van der Waals surface area contributed by atoms with Crippen LogP contribution in [0.5, 0.6) is 5.75 Å². The van der Waals surface area contributed by atoms with E-state index in [4.69, 9.17) is 4.74 Å². The lowest BCUT2D eigenvalue weighted by Gasteiger charge is -2.28. The Bertz CT molecular complexity index is 1010. The monoisotopic (exact) mass is 391 g/mol. The van der Waals surface area contributed by atoms with Crippen molar-refractivity contribution in [1.82, 2.24) is 4.90 Å². The summed E-state index contributed by atoms with van der Waals surface area (Å²) in [6, 6.07) is 26.7. The summed E-state index contributed by atoms with van der Waals surface area (Å²) in [5.74, 6) is 0.250. The first-order chi connectivity index (χ1) is 13.6. The van der Waals surface area contributed by atoms with Crippen LogP contribution in [0.1, 0.15) is 25.1 Å². The van der Waals surface area contributed by atoms with Crippen LogP contribution in [-0.4, -0.2) is 21.5 Å². The minimum Gasteiger partial charge on any atom is -0.470 e. The van der Waals surface area contributed by atoms with Gasteiger partial charge < -0.3 is 14.4 Å². The van der Waals surface area contributed by atoms with Crippen molar-refractivity contribution in [3.05, 3.63) is 90.5 Å². The van der Waals surface area contributed by atoms with Crippen molar-refractivity contribution < 1.29 is 14.4 Å². The number of rotatable bonds is 4. The number of nitrogens with zero attached hydrogens (tertiary/aromatic N) is 1. The first-order valence-electron chi connectivity index (χ1n) is 9.58. The minimum absolute atomic E-state index is 0.419. The molecule has 5 rings (SSSR count). The van der Waals surface area contributed by atoms with Gasteiger partial charge in [0.1, 0.15) is 17.8 Å². The lowest BCUT2D eigenvalue weighted by Crippen LogP contribution is -2.33. The number of para-hydroxylation sites is 1. The molecule has 1 fully saturated rings. The van der Waals surface area contributed by atoms with Gasteiger partial charge in [0.25, 0.3) is 0 Å². The van der Waals surface area contributed by atoms with Crippen LogP contribution in [0.3, 0.4) is 0 Å². The molecule has 3 aromatic carbocycles. The van der Waals surface area contributed by atoms with Gasteiger partial charge in [0.15, 0.2) is 12.9 Å². The van der Waals surface area contributed by atoms with Crippen LogP contribution in [0.4, 0.5) is 0 Å². The van der Waals surface area contributed by atoms with Gasteiger partial charge in [-0.05, 0) is 6.07 Å². The SMILES string of the molecule is CC[C@@]12Oc3ccccc3[C@H](O)N1[C@H]2P(=O)(c1ccccc1)c1ccccc1. The normalized spacial score (nSPS) is 28.0. The molecule has 2 aliphatic heterocycles. The van der Waals surface area contributed by atoms with E-state index in [1.807, 2.05) is 96.8 Å². The van der Waals surface area contributed by atoms with Crippen LogP contribution in [-0.2, 0) is 4.57 Å². The first kappa shape index (κ1) is 17.7. The van der Waals surface area contributed by atoms with Gasteiger partial charge in [-0.2, -0.15) is 0 Å². The van der Waals surface area contributed by atoms with E-state index in [9.17, 15) is 9.67 Å². The summed E-state index contributed by atoms with van der Waals surface area (Å²) in [4.78, 5) is 1.89. The second kappa shape index (κ2) is 6.31. The third-order valence-electron chi connectivity index (χ3n) is 5.91. The topological polar surface area (TPSA) is 49.5 Å². The van der Waals surface area contributed by atoms with E-state index in [0.29, 0.717) is 12.2 Å². The maximum Gasteiger partial charge on any atom is 0.189 e. The van der Waals surface area contributed by atoms with Gasteiger partial charge in [-0.25, -0.2) is 4.90 Å². The predicted molar refractivity (Wildman–Crippen MR) is 110 cm³/mol. The number of fused-ring (bicyclic) bond motifs is 2. The molecule has 3 aromatic rings. The van der Waals surface area contributed by atoms with Gasteiger partial charge in [0.05, 0.1) is 0 Å². The maximum atomic E-state index is 14.8. The number of hydrogen-bond donors (Lipinski definition) is 1. The average molecular weight is 391 g/mol. The van der Waals surface area contributed by atoms with Crippen LogP contribution in [0.25, 0.3) is 0 Å². The molecule has 0 aliphatic carbocycles. The smallest absolute Gasteiger partial charge is 0.189 e. The molecule has 0 radical (unpaired) electrons. The van der Waals surface area contributed by atoms with Gasteiger partial charge in [-0.1, -0.05) is 85.8 Å². The largest absolute Gasteiger partial charge is 0.470 e. The molecule has 2 aliphatic rings. The Morgan fingerprint density at radius 1 is 0.929 bits per heavy atom. The molecule has 142 valence electrons. The molecule has 4 atom stereocenters. The van der Waals surface area contributed by atoms with Crippen molar-refractivity contribution in [3.63, 3.8) is 0 Å². The zero-order valence-electron chi connectivity index (χ0n) is 15.6. The summed E-state index contributed by atoms with van der Waals surface area (Å²) >= 11 is 0. The number of aliphatic hydroxyl groups excluding tert-OH is 1. The number of ether oxygens (including phenoxy) is 1. The Morgan fingerprint density at radius 2 is 1.46 bits per heavy atom. The Kier molecular flexibility index (Phi) is 3.99. The number of benzene rings is 3. The lowest BCUT2D eigenvalue weighted by molar-refractivity contribution is -0.0250. The van der Waals surface area contributed by atoms with Crippen molar-refractivity contribution >= 4 is 17.8 Å². The molecule has 0 spiro atoms. The third kappa shape index (κ3) is 2.29. The molecule has 0 amide bonds. The maximum absolute atomic E-state index is 14.8. The number of hydrogen-bond acceptors (Lipinski definition) is 4. The first-order valence-corrected chi connectivity index (χ1v) is 11.4. The van der Waals surface area contributed by atoms with Crippen molar-refractivity contribution in [2.24, 2.45) is 0 Å². The summed E-state index contributed by atoms with van der Waals surface area (Å²) < 4.78 is 21.2. The van der Waals surface area contributed by atoms with E-state index in [0.717, 1.165) is 16.2 Å². The summed E-state index contributed by atoms with van der Waals surface area (Å²) in [5.41, 5.74) is -0.0450. The van der Waals surface area contributed by atoms with Crippen LogP contribution in [0, 0.1) is 0 Å². The highest BCUT2D eigenvalue weighted by Gasteiger charge is 2.75. The van der Waals surface area contributed by atoms with E-state index in [1.165, 1.54) is 0 Å². The fourth-order valence-corrected chi connectivity index (χ4v) is 8.15. The summed E-state index contributed by atoms with van der Waals surface area (Å²) in [5, 5.41) is 12.7. The molecule has 5 heteroatoms. The highest BCUT2D eigenvalue weighted by atomic mass is 31.2. The molecule has 28 heavy (non-hydrogen) atoms. The van der Waals surface area contributed by atoms with Crippen molar-refractivity contribution in [3.8, 4) is 5.75 Å². The highest BCUT2D eigenvalue weighted by Crippen LogP contribution is 2.70. The standard InChI is InChI=1S/C23H22NO3P/c1-2-23-22(24(23)21(25)19-15-9-10-16-20(19)27-23)28(26,17-11-5-3-6-12-17)18-13-7-4-8-14-18/h3-16,21-22,25H,2H2,1H3/t21-,22-,23-,24?/m0/s1. The summed E-state index contributed by atoms with van der Waals surface area (Å²) in [6.07, 6.45) is -0.206. The Balaban J connectivity index is 1.69. The molecule has 0 bridgehead atoms. The zero-order valence-corrected chi connectivity index (χ0v) is 16.5. The Hall–Kier alpha value is -2.39. The molecule has 4 nitrogen and oxygen atoms in total. The van der Waals surface area contributed by atoms with E-state index >= 15 is 0 Å². The van der Waals surface area contributed by atoms with E-state index in [2.05, 4.69) is 0 Å². The van der Waals surface area contributed by atoms with Crippen LogP contribution in [0.15, 0.2) is 84.9 Å². The zero-order chi connectivity index (χ0) is 19.4. The van der Waals surface area contributed by atoms with Crippen LogP contribution >= 0.6 is 7.14 Å². The number of aliphatic hydroxyl groups is 1. The van der Waals surface area contributed by atoms with Crippen LogP contribution in [0.2, 0.25) is 0 Å². The van der Waals surface area contributed by atoms with E-state index in [-0.39, 0.29) is 0 Å². The Labute approximate surface area is 164 Å². The Morgan fingerprint density at radius 3 is 2.04 bits per heavy atom. The quantitative estimate of drug-likeness (QED) is 0.543. The summed E-state index contributed by atoms with van der Waals surface area (Å²) in [6.45, 7) is 2.02. The molecule has 1 unspecified atom stereocenters. The van der Waals surface area contributed by atoms with Crippen molar-refractivity contribution in [2.75, 3.05) is 0 Å². The van der Waals surface area contributed by atoms with Crippen LogP contribution < -0.4 is 15.3 Å². The second-order valence-electron chi connectivity index (χ2n) is 7.32. The molecule has 2 heterocycles. The fraction of sp³-hybridized carbons (Fsp3) is 0.217. The van der Waals surface area contributed by atoms with Gasteiger partial charge >= 0.3 is 0 Å². The molecule has 1 saturated heterocycles. The van der Waals surface area contributed by atoms with Crippen molar-refractivity contribution in [2.45, 2.75) is 31.1 Å². The molecule has 1 N–H and O–H groups in total. The van der Waals surface area contributed by atoms with Gasteiger partial charge in [-0.15, -0.1) is 0 Å². The van der Waals surface area contributed by atoms with E-state index < -0.39 is 24.9 Å². The van der Waals surface area contributed by atoms with Gasteiger partial charge in [0.2, 0.25) is 0 Å². The predicted octanol–water partition coefficient (Wildman–Crippen LogP) is 3.83. The molecular weight excluding hydrogens is 369 g/mol. The van der Waals surface area contributed by atoms with Gasteiger partial charge in [-0.3, -0.25) is 0 Å². The third-order valence-corrected chi connectivity index (χ3v) is 9.39. The molecule has 0 aromatic heterocycles. The minimum atomic E-state index is -3.10. The second-order valence-corrected chi connectivity index (χ2v) is 10.2. The fourth-order valence-electron chi connectivity index (χ4n) is 4.52.